The van der Waals surface area contributed by atoms with E-state index in [1.807, 2.05) is 37.3 Å². The fraction of sp³-hybridized carbons (Fsp3) is 0.269. The molecule has 6 nitrogen and oxygen atoms in total. The van der Waals surface area contributed by atoms with E-state index in [4.69, 9.17) is 23.2 Å². The van der Waals surface area contributed by atoms with Crippen molar-refractivity contribution in [2.75, 3.05) is 6.54 Å². The van der Waals surface area contributed by atoms with Crippen LogP contribution in [0.1, 0.15) is 35.3 Å². The highest BCUT2D eigenvalue weighted by molar-refractivity contribution is 6.42. The molecule has 0 aliphatic carbocycles. The molecule has 3 aromatic carbocycles. The molecular weight excluding hydrogens is 475 g/mol. The van der Waals surface area contributed by atoms with Gasteiger partial charge in [-0.25, -0.2) is 0 Å². The number of benzene rings is 3. The molecule has 8 heteroatoms. The molecule has 3 rings (SSSR count). The second-order valence-corrected chi connectivity index (χ2v) is 9.15. The molecule has 5 N–H and O–H groups in total. The van der Waals surface area contributed by atoms with Crippen LogP contribution in [-0.2, 0) is 24.2 Å². The Bertz CT molecular complexity index is 1120. The number of amides is 1. The number of phenols is 2. The van der Waals surface area contributed by atoms with Gasteiger partial charge in [0.1, 0.15) is 11.5 Å². The quantitative estimate of drug-likeness (QED) is 0.280. The van der Waals surface area contributed by atoms with Gasteiger partial charge in [-0.1, -0.05) is 53.5 Å². The Balaban J connectivity index is 1.48. The number of phenolic OH excluding ortho intramolecular Hbond substituents is 2. The van der Waals surface area contributed by atoms with Crippen LogP contribution in [0.3, 0.4) is 0 Å². The zero-order valence-electron chi connectivity index (χ0n) is 18.8. The highest BCUT2D eigenvalue weighted by atomic mass is 35.5. The zero-order chi connectivity index (χ0) is 24.7. The van der Waals surface area contributed by atoms with E-state index in [-0.39, 0.29) is 36.4 Å². The summed E-state index contributed by atoms with van der Waals surface area (Å²) >= 11 is 11.9. The van der Waals surface area contributed by atoms with Crippen molar-refractivity contribution < 1.29 is 20.1 Å². The third-order valence-corrected chi connectivity index (χ3v) is 6.08. The smallest absolute Gasteiger partial charge is 0.224 e. The van der Waals surface area contributed by atoms with E-state index in [2.05, 4.69) is 10.6 Å². The van der Waals surface area contributed by atoms with Crippen molar-refractivity contribution in [3.8, 4) is 11.5 Å². The highest BCUT2D eigenvalue weighted by Crippen LogP contribution is 2.25. The molecule has 0 aromatic heterocycles. The number of hydrogen-bond donors (Lipinski definition) is 5. The standard InChI is InChI=1S/C26H28Cl2N2O4/c1-16(29-15-25(33)20-11-21(31)13-22(32)12-20)7-17-3-2-4-18(8-17)10-26(34)30-14-19-5-6-23(27)24(28)9-19/h2-6,8-9,11-13,16,25,29,31-33H,7,10,14-15H2,1H3,(H,30,34)/t16-,25+/m1/s1. The van der Waals surface area contributed by atoms with E-state index in [1.165, 1.54) is 18.2 Å². The normalized spacial score (nSPS) is 12.8. The molecule has 0 saturated carbocycles. The predicted octanol–water partition coefficient (Wildman–Crippen LogP) is 4.52. The van der Waals surface area contributed by atoms with Crippen molar-refractivity contribution in [3.63, 3.8) is 0 Å². The van der Waals surface area contributed by atoms with Crippen LogP contribution in [0.25, 0.3) is 0 Å². The molecule has 2 atom stereocenters. The van der Waals surface area contributed by atoms with Crippen LogP contribution < -0.4 is 10.6 Å². The summed E-state index contributed by atoms with van der Waals surface area (Å²) in [6.07, 6.45) is 0.0963. The average Bonchev–Trinajstić information content (AvgIpc) is 2.78. The Morgan fingerprint density at radius 2 is 1.62 bits per heavy atom. The molecule has 0 bridgehead atoms. The van der Waals surface area contributed by atoms with Gasteiger partial charge in [-0.3, -0.25) is 4.79 Å². The molecule has 0 radical (unpaired) electrons. The predicted molar refractivity (Wildman–Crippen MR) is 134 cm³/mol. The minimum Gasteiger partial charge on any atom is -0.508 e. The van der Waals surface area contributed by atoms with E-state index < -0.39 is 6.10 Å². The Morgan fingerprint density at radius 3 is 2.32 bits per heavy atom. The number of hydrogen-bond acceptors (Lipinski definition) is 5. The van der Waals surface area contributed by atoms with Crippen LogP contribution in [0.4, 0.5) is 0 Å². The molecule has 1 amide bonds. The van der Waals surface area contributed by atoms with Crippen LogP contribution in [0.5, 0.6) is 11.5 Å². The lowest BCUT2D eigenvalue weighted by molar-refractivity contribution is -0.120. The number of aliphatic hydroxyl groups is 1. The first kappa shape index (κ1) is 25.8. The first-order valence-electron chi connectivity index (χ1n) is 10.9. The van der Waals surface area contributed by atoms with Gasteiger partial charge >= 0.3 is 0 Å². The Kier molecular flexibility index (Phi) is 9.19. The molecule has 34 heavy (non-hydrogen) atoms. The summed E-state index contributed by atoms with van der Waals surface area (Å²) in [6.45, 7) is 2.64. The maximum atomic E-state index is 12.4. The van der Waals surface area contributed by atoms with Crippen molar-refractivity contribution in [2.45, 2.75) is 38.5 Å². The molecule has 0 heterocycles. The number of aliphatic hydroxyl groups excluding tert-OH is 1. The summed E-state index contributed by atoms with van der Waals surface area (Å²) in [5, 5.41) is 36.6. The minimum absolute atomic E-state index is 0.0549. The summed E-state index contributed by atoms with van der Waals surface area (Å²) in [6, 6.07) is 17.2. The lowest BCUT2D eigenvalue weighted by Gasteiger charge is -2.18. The maximum Gasteiger partial charge on any atom is 0.224 e. The fourth-order valence-electron chi connectivity index (χ4n) is 3.63. The van der Waals surface area contributed by atoms with Crippen LogP contribution >= 0.6 is 23.2 Å². The summed E-state index contributed by atoms with van der Waals surface area (Å²) in [7, 11) is 0. The van der Waals surface area contributed by atoms with Crippen molar-refractivity contribution in [1.82, 2.24) is 10.6 Å². The Morgan fingerprint density at radius 1 is 0.912 bits per heavy atom. The highest BCUT2D eigenvalue weighted by Gasteiger charge is 2.13. The van der Waals surface area contributed by atoms with Crippen LogP contribution in [0.15, 0.2) is 60.7 Å². The van der Waals surface area contributed by atoms with Crippen molar-refractivity contribution in [2.24, 2.45) is 0 Å². The fourth-order valence-corrected chi connectivity index (χ4v) is 3.95. The number of carbonyl (C=O) groups is 1. The molecule has 0 aliphatic rings. The molecule has 0 saturated heterocycles. The van der Waals surface area contributed by atoms with Crippen LogP contribution in [0.2, 0.25) is 10.0 Å². The first-order valence-corrected chi connectivity index (χ1v) is 11.7. The molecule has 0 fully saturated rings. The number of carbonyl (C=O) groups excluding carboxylic acids is 1. The monoisotopic (exact) mass is 502 g/mol. The number of aromatic hydroxyl groups is 2. The molecule has 3 aromatic rings. The van der Waals surface area contributed by atoms with Crippen molar-refractivity contribution in [3.05, 3.63) is 93.0 Å². The van der Waals surface area contributed by atoms with Gasteiger partial charge in [-0.15, -0.1) is 0 Å². The number of nitrogens with one attached hydrogen (secondary N) is 2. The first-order chi connectivity index (χ1) is 16.2. The van der Waals surface area contributed by atoms with E-state index in [9.17, 15) is 20.1 Å². The minimum atomic E-state index is -0.869. The van der Waals surface area contributed by atoms with Gasteiger partial charge in [0.2, 0.25) is 5.91 Å². The van der Waals surface area contributed by atoms with Gasteiger partial charge in [-0.2, -0.15) is 0 Å². The zero-order valence-corrected chi connectivity index (χ0v) is 20.3. The topological polar surface area (TPSA) is 102 Å². The third-order valence-electron chi connectivity index (χ3n) is 5.34. The SMILES string of the molecule is C[C@H](Cc1cccc(CC(=O)NCc2ccc(Cl)c(Cl)c2)c1)NC[C@H](O)c1cc(O)cc(O)c1. The van der Waals surface area contributed by atoms with Gasteiger partial charge in [-0.05, 0) is 59.9 Å². The van der Waals surface area contributed by atoms with Gasteiger partial charge in [0, 0.05) is 25.2 Å². The van der Waals surface area contributed by atoms with E-state index >= 15 is 0 Å². The molecule has 0 aliphatic heterocycles. The maximum absolute atomic E-state index is 12.4. The lowest BCUT2D eigenvalue weighted by Crippen LogP contribution is -2.32. The van der Waals surface area contributed by atoms with Gasteiger partial charge < -0.3 is 26.0 Å². The summed E-state index contributed by atoms with van der Waals surface area (Å²) in [5.41, 5.74) is 3.29. The third kappa shape index (κ3) is 7.92. The number of rotatable bonds is 10. The van der Waals surface area contributed by atoms with Crippen LogP contribution in [0, 0.1) is 0 Å². The van der Waals surface area contributed by atoms with Crippen molar-refractivity contribution in [1.29, 1.82) is 0 Å². The Hall–Kier alpha value is -2.77. The molecular formula is C26H28Cl2N2O4. The lowest BCUT2D eigenvalue weighted by atomic mass is 10.0. The van der Waals surface area contributed by atoms with Crippen molar-refractivity contribution >= 4 is 29.1 Å². The van der Waals surface area contributed by atoms with Gasteiger partial charge in [0.15, 0.2) is 0 Å². The van der Waals surface area contributed by atoms with Crippen LogP contribution in [-0.4, -0.2) is 33.8 Å². The number of halogens is 2. The summed E-state index contributed by atoms with van der Waals surface area (Å²) in [5.74, 6) is -0.285. The largest absolute Gasteiger partial charge is 0.508 e. The second-order valence-electron chi connectivity index (χ2n) is 8.33. The summed E-state index contributed by atoms with van der Waals surface area (Å²) < 4.78 is 0. The Labute approximate surface area is 209 Å². The molecule has 180 valence electrons. The molecule has 0 spiro atoms. The average molecular weight is 503 g/mol. The summed E-state index contributed by atoms with van der Waals surface area (Å²) in [4.78, 5) is 12.4. The van der Waals surface area contributed by atoms with E-state index in [0.717, 1.165) is 16.7 Å². The second kappa shape index (κ2) is 12.1. The van der Waals surface area contributed by atoms with Gasteiger partial charge in [0.25, 0.3) is 0 Å². The molecule has 0 unspecified atom stereocenters. The van der Waals surface area contributed by atoms with E-state index in [0.29, 0.717) is 28.6 Å². The van der Waals surface area contributed by atoms with Gasteiger partial charge in [0.05, 0.1) is 22.6 Å². The van der Waals surface area contributed by atoms with E-state index in [1.54, 1.807) is 12.1 Å².